The minimum absolute atomic E-state index is 0.0112. The van der Waals surface area contributed by atoms with E-state index in [2.05, 4.69) is 27.7 Å². The van der Waals surface area contributed by atoms with E-state index in [0.717, 1.165) is 77.0 Å². The second kappa shape index (κ2) is 13.9. The highest BCUT2D eigenvalue weighted by molar-refractivity contribution is 4.96. The van der Waals surface area contributed by atoms with Gasteiger partial charge in [-0.3, -0.25) is 0 Å². The van der Waals surface area contributed by atoms with Crippen LogP contribution in [-0.2, 0) is 9.47 Å². The molecule has 0 heterocycles. The minimum Gasteiger partial charge on any atom is -0.396 e. The smallest absolute Gasteiger partial charge is 0.0823 e. The zero-order valence-corrected chi connectivity index (χ0v) is 23.9. The first kappa shape index (κ1) is 31.3. The van der Waals surface area contributed by atoms with Crippen molar-refractivity contribution in [1.82, 2.24) is 0 Å². The van der Waals surface area contributed by atoms with E-state index in [9.17, 15) is 25.5 Å². The van der Waals surface area contributed by atoms with Crippen LogP contribution >= 0.6 is 0 Å². The summed E-state index contributed by atoms with van der Waals surface area (Å²) in [6.07, 6.45) is 10.2. The third kappa shape index (κ3) is 7.68. The van der Waals surface area contributed by atoms with Gasteiger partial charge in [0.1, 0.15) is 0 Å². The van der Waals surface area contributed by atoms with Crippen molar-refractivity contribution in [3.63, 3.8) is 0 Å². The molecule has 0 aromatic heterocycles. The summed E-state index contributed by atoms with van der Waals surface area (Å²) in [5, 5.41) is 51.8. The summed E-state index contributed by atoms with van der Waals surface area (Å²) < 4.78 is 13.6. The number of rotatable bonds is 12. The fourth-order valence-corrected chi connectivity index (χ4v) is 7.89. The van der Waals surface area contributed by atoms with Gasteiger partial charge in [-0.25, -0.2) is 0 Å². The summed E-state index contributed by atoms with van der Waals surface area (Å²) in [5.74, 6) is -0.249. The molecule has 3 saturated carbocycles. The molecule has 9 atom stereocenters. The summed E-state index contributed by atoms with van der Waals surface area (Å²) >= 11 is 0. The van der Waals surface area contributed by atoms with Gasteiger partial charge in [0, 0.05) is 31.0 Å². The maximum atomic E-state index is 10.7. The molecule has 0 amide bonds. The lowest BCUT2D eigenvalue weighted by atomic mass is 9.69. The largest absolute Gasteiger partial charge is 0.396 e. The lowest BCUT2D eigenvalue weighted by molar-refractivity contribution is -0.206. The maximum absolute atomic E-state index is 10.7. The molecule has 0 spiro atoms. The van der Waals surface area contributed by atoms with Crippen LogP contribution in [-0.4, -0.2) is 81.0 Å². The fourth-order valence-electron chi connectivity index (χ4n) is 7.89. The molecule has 218 valence electrons. The van der Waals surface area contributed by atoms with Crippen LogP contribution in [0.1, 0.15) is 105 Å². The maximum Gasteiger partial charge on any atom is 0.0823 e. The van der Waals surface area contributed by atoms with Gasteiger partial charge in [-0.1, -0.05) is 38.5 Å². The van der Waals surface area contributed by atoms with Crippen LogP contribution in [0.3, 0.4) is 0 Å². The first-order chi connectivity index (χ1) is 17.6. The Morgan fingerprint density at radius 3 is 1.49 bits per heavy atom. The Bertz CT molecular complexity index is 668. The molecule has 0 aromatic carbocycles. The van der Waals surface area contributed by atoms with Gasteiger partial charge in [0.15, 0.2) is 0 Å². The molecule has 0 aromatic rings. The van der Waals surface area contributed by atoms with Crippen molar-refractivity contribution in [2.45, 2.75) is 140 Å². The average Bonchev–Trinajstić information content (AvgIpc) is 2.86. The summed E-state index contributed by atoms with van der Waals surface area (Å²) in [5.41, 5.74) is -1.24. The van der Waals surface area contributed by atoms with Crippen molar-refractivity contribution in [2.24, 2.45) is 29.6 Å². The van der Waals surface area contributed by atoms with Crippen LogP contribution in [0.25, 0.3) is 0 Å². The summed E-state index contributed by atoms with van der Waals surface area (Å²) in [6.45, 7) is 7.93. The predicted octanol–water partition coefficient (Wildman–Crippen LogP) is 3.82. The van der Waals surface area contributed by atoms with Gasteiger partial charge < -0.3 is 35.0 Å². The molecule has 3 aliphatic rings. The lowest BCUT2D eigenvalue weighted by Crippen LogP contribution is -2.53. The van der Waals surface area contributed by atoms with E-state index >= 15 is 0 Å². The predicted molar refractivity (Wildman–Crippen MR) is 144 cm³/mol. The highest BCUT2D eigenvalue weighted by atomic mass is 16.5. The Kier molecular flexibility index (Phi) is 11.7. The Balaban J connectivity index is 1.76. The molecule has 0 aliphatic heterocycles. The minimum atomic E-state index is -0.786. The highest BCUT2D eigenvalue weighted by Crippen LogP contribution is 2.45. The Hall–Kier alpha value is -0.280. The second-order valence-corrected chi connectivity index (χ2v) is 13.3. The van der Waals surface area contributed by atoms with E-state index in [0.29, 0.717) is 0 Å². The normalized spacial score (nSPS) is 34.6. The summed E-state index contributed by atoms with van der Waals surface area (Å²) in [6, 6.07) is 0. The zero-order valence-electron chi connectivity index (χ0n) is 23.9. The number of ether oxygens (including phenoxy) is 2. The molecular formula is C30H56O7. The van der Waals surface area contributed by atoms with Crippen LogP contribution in [0, 0.1) is 29.6 Å². The molecule has 7 nitrogen and oxygen atoms in total. The highest BCUT2D eigenvalue weighted by Gasteiger charge is 2.47. The topological polar surface area (TPSA) is 120 Å². The molecule has 7 heteroatoms. The molecule has 3 aliphatic carbocycles. The van der Waals surface area contributed by atoms with E-state index in [1.807, 2.05) is 0 Å². The number of hydrogen-bond acceptors (Lipinski definition) is 7. The second-order valence-electron chi connectivity index (χ2n) is 13.3. The Morgan fingerprint density at radius 2 is 1.00 bits per heavy atom. The Labute approximate surface area is 225 Å². The van der Waals surface area contributed by atoms with E-state index in [4.69, 9.17) is 9.47 Å². The molecule has 37 heavy (non-hydrogen) atoms. The van der Waals surface area contributed by atoms with Crippen LogP contribution in [0.4, 0.5) is 0 Å². The van der Waals surface area contributed by atoms with Crippen molar-refractivity contribution < 1.29 is 35.0 Å². The third-order valence-electron chi connectivity index (χ3n) is 10.1. The number of aliphatic hydroxyl groups is 5. The number of aliphatic hydroxyl groups excluding tert-OH is 5. The lowest BCUT2D eigenvalue weighted by Gasteiger charge is -2.50. The Morgan fingerprint density at radius 1 is 0.595 bits per heavy atom. The van der Waals surface area contributed by atoms with E-state index in [1.165, 1.54) is 0 Å². The number of hydrogen-bond donors (Lipinski definition) is 5. The van der Waals surface area contributed by atoms with Gasteiger partial charge in [0.25, 0.3) is 0 Å². The average molecular weight is 529 g/mol. The molecule has 3 fully saturated rings. The third-order valence-corrected chi connectivity index (χ3v) is 10.1. The quantitative estimate of drug-likeness (QED) is 0.261. The van der Waals surface area contributed by atoms with Crippen molar-refractivity contribution in [3.05, 3.63) is 0 Å². The fraction of sp³-hybridized carbons (Fsp3) is 1.00. The molecule has 3 rings (SSSR count). The monoisotopic (exact) mass is 528 g/mol. The van der Waals surface area contributed by atoms with Gasteiger partial charge in [-0.2, -0.15) is 0 Å². The van der Waals surface area contributed by atoms with Crippen LogP contribution in [0.2, 0.25) is 0 Å². The molecule has 9 unspecified atom stereocenters. The van der Waals surface area contributed by atoms with Gasteiger partial charge in [0.2, 0.25) is 0 Å². The van der Waals surface area contributed by atoms with Crippen LogP contribution in [0.5, 0.6) is 0 Å². The van der Waals surface area contributed by atoms with Crippen molar-refractivity contribution in [1.29, 1.82) is 0 Å². The van der Waals surface area contributed by atoms with Crippen LogP contribution in [0.15, 0.2) is 0 Å². The first-order valence-corrected chi connectivity index (χ1v) is 15.1. The summed E-state index contributed by atoms with van der Waals surface area (Å²) in [4.78, 5) is 0. The standard InChI is InChI=1S/C30H56O7/c1-29(2,23(17-31)20-11-5-8-14-25(20)34)36-27-15-9-6-12-21(27)24(18-32)30(3,4)37-28-16-10-7-13-22(28)26(35)19-33/h20-28,31-35H,5-19H2,1-4H3. The zero-order chi connectivity index (χ0) is 27.2. The van der Waals surface area contributed by atoms with Gasteiger partial charge >= 0.3 is 0 Å². The van der Waals surface area contributed by atoms with Gasteiger partial charge in [-0.15, -0.1) is 0 Å². The van der Waals surface area contributed by atoms with E-state index in [-0.39, 0.29) is 61.6 Å². The van der Waals surface area contributed by atoms with Gasteiger partial charge in [0.05, 0.1) is 42.2 Å². The molecule has 5 N–H and O–H groups in total. The molecule has 0 saturated heterocycles. The van der Waals surface area contributed by atoms with Gasteiger partial charge in [-0.05, 0) is 78.1 Å². The van der Waals surface area contributed by atoms with E-state index < -0.39 is 23.4 Å². The summed E-state index contributed by atoms with van der Waals surface area (Å²) in [7, 11) is 0. The van der Waals surface area contributed by atoms with E-state index in [1.54, 1.807) is 0 Å². The SMILES string of the molecule is CC(C)(OC1CCCCC1C(CO)C(C)(C)OC1CCCCC1C(O)CO)C(CO)C1CCCCC1O. The van der Waals surface area contributed by atoms with Crippen molar-refractivity contribution >= 4 is 0 Å². The van der Waals surface area contributed by atoms with Crippen molar-refractivity contribution in [2.75, 3.05) is 19.8 Å². The molecule has 0 bridgehead atoms. The van der Waals surface area contributed by atoms with Crippen molar-refractivity contribution in [3.8, 4) is 0 Å². The molecular weight excluding hydrogens is 472 g/mol. The first-order valence-electron chi connectivity index (χ1n) is 15.1. The van der Waals surface area contributed by atoms with Crippen LogP contribution < -0.4 is 0 Å². The molecule has 0 radical (unpaired) electrons.